The topological polar surface area (TPSA) is 55.3 Å². The van der Waals surface area contributed by atoms with E-state index in [9.17, 15) is 0 Å². The molecule has 2 rings (SSSR count). The van der Waals surface area contributed by atoms with Crippen molar-refractivity contribution in [2.45, 2.75) is 18.5 Å². The van der Waals surface area contributed by atoms with Gasteiger partial charge < -0.3 is 11.5 Å². The lowest BCUT2D eigenvalue weighted by atomic mass is 10.2. The van der Waals surface area contributed by atoms with E-state index in [0.29, 0.717) is 0 Å². The van der Waals surface area contributed by atoms with Crippen molar-refractivity contribution in [1.29, 1.82) is 0 Å². The minimum Gasteiger partial charge on any atom is -0.351 e. The molecule has 6 N–H and O–H groups in total. The van der Waals surface area contributed by atoms with Gasteiger partial charge in [-0.15, -0.1) is 11.3 Å². The highest BCUT2D eigenvalue weighted by Crippen LogP contribution is 2.47. The van der Waals surface area contributed by atoms with Crippen LogP contribution in [0.15, 0.2) is 0 Å². The summed E-state index contributed by atoms with van der Waals surface area (Å²) in [5.41, 5.74) is 10.3. The average Bonchev–Trinajstić information content (AvgIpc) is 2.38. The van der Waals surface area contributed by atoms with Gasteiger partial charge in [0.25, 0.3) is 0 Å². The number of quaternary nitrogens is 2. The second-order valence-corrected chi connectivity index (χ2v) is 5.33. The summed E-state index contributed by atoms with van der Waals surface area (Å²) in [5, 5.41) is 0. The number of fused-ring (bicyclic) bond motifs is 1. The van der Waals surface area contributed by atoms with E-state index in [0.717, 1.165) is 26.2 Å². The molecule has 0 spiro atoms. The van der Waals surface area contributed by atoms with E-state index in [1.807, 2.05) is 0 Å². The summed E-state index contributed by atoms with van der Waals surface area (Å²) < 4.78 is 1.59. The van der Waals surface area contributed by atoms with E-state index in [1.165, 1.54) is 11.3 Å². The van der Waals surface area contributed by atoms with Gasteiger partial charge in [0.15, 0.2) is 0 Å². The Morgan fingerprint density at radius 1 is 1.08 bits per heavy atom. The molecule has 5 heteroatoms. The van der Waals surface area contributed by atoms with E-state index in [2.05, 4.69) is 11.5 Å². The molecule has 2 atom stereocenters. The third-order valence-electron chi connectivity index (χ3n) is 2.28. The largest absolute Gasteiger partial charge is 0.351 e. The second-order valence-electron chi connectivity index (χ2n) is 3.11. The van der Waals surface area contributed by atoms with Gasteiger partial charge in [-0.1, -0.05) is 23.2 Å². The Hall–Kier alpha value is 0.200. The summed E-state index contributed by atoms with van der Waals surface area (Å²) in [4.78, 5) is 0. The quantitative estimate of drug-likeness (QED) is 0.662. The SMILES string of the molecule is [NH3+][C@@H]1C[C@H]([NH3+])c2c(Cl)sc(Cl)c21. The van der Waals surface area contributed by atoms with Gasteiger partial charge in [-0.05, 0) is 0 Å². The molecule has 0 amide bonds. The molecule has 0 aromatic carbocycles. The Balaban J connectivity index is 2.62. The minimum absolute atomic E-state index is 0.277. The maximum atomic E-state index is 6.02. The fourth-order valence-electron chi connectivity index (χ4n) is 1.74. The lowest BCUT2D eigenvalue weighted by molar-refractivity contribution is -0.463. The van der Waals surface area contributed by atoms with E-state index >= 15 is 0 Å². The predicted molar refractivity (Wildman–Crippen MR) is 50.2 cm³/mol. The molecule has 0 aliphatic heterocycles. The highest BCUT2D eigenvalue weighted by molar-refractivity contribution is 7.20. The summed E-state index contributed by atoms with van der Waals surface area (Å²) in [7, 11) is 0. The maximum Gasteiger partial charge on any atom is 0.119 e. The van der Waals surface area contributed by atoms with Crippen LogP contribution in [0.3, 0.4) is 0 Å². The molecular weight excluding hydrogens is 215 g/mol. The molecule has 12 heavy (non-hydrogen) atoms. The van der Waals surface area contributed by atoms with Crippen molar-refractivity contribution in [3.8, 4) is 0 Å². The Morgan fingerprint density at radius 3 is 1.92 bits per heavy atom. The Kier molecular flexibility index (Phi) is 2.09. The van der Waals surface area contributed by atoms with Gasteiger partial charge in [0.2, 0.25) is 0 Å². The van der Waals surface area contributed by atoms with Gasteiger partial charge in [-0.3, -0.25) is 0 Å². The van der Waals surface area contributed by atoms with Crippen LogP contribution in [-0.2, 0) is 0 Å². The van der Waals surface area contributed by atoms with Crippen molar-refractivity contribution in [3.05, 3.63) is 19.8 Å². The predicted octanol–water partition coefficient (Wildman–Crippen LogP) is 1.02. The van der Waals surface area contributed by atoms with E-state index in [1.54, 1.807) is 0 Å². The third kappa shape index (κ3) is 1.09. The minimum atomic E-state index is 0.277. The lowest BCUT2D eigenvalue weighted by Gasteiger charge is -1.97. The fraction of sp³-hybridized carbons (Fsp3) is 0.429. The van der Waals surface area contributed by atoms with Crippen molar-refractivity contribution in [2.24, 2.45) is 0 Å². The smallest absolute Gasteiger partial charge is 0.119 e. The number of hydrogen-bond acceptors (Lipinski definition) is 1. The zero-order chi connectivity index (χ0) is 8.88. The van der Waals surface area contributed by atoms with Crippen LogP contribution in [0, 0.1) is 0 Å². The molecule has 0 fully saturated rings. The zero-order valence-corrected chi connectivity index (χ0v) is 8.77. The summed E-state index contributed by atoms with van der Waals surface area (Å²) in [5.74, 6) is 0. The Bertz CT molecular complexity index is 295. The number of hydrogen-bond donors (Lipinski definition) is 2. The number of rotatable bonds is 0. The molecule has 1 aliphatic rings. The van der Waals surface area contributed by atoms with Gasteiger partial charge in [0.1, 0.15) is 20.8 Å². The van der Waals surface area contributed by atoms with Gasteiger partial charge >= 0.3 is 0 Å². The summed E-state index contributed by atoms with van der Waals surface area (Å²) in [6.45, 7) is 0. The Labute approximate surface area is 84.4 Å². The van der Waals surface area contributed by atoms with Crippen LogP contribution < -0.4 is 11.5 Å². The van der Waals surface area contributed by atoms with Crippen LogP contribution in [0.2, 0.25) is 8.67 Å². The molecule has 0 unspecified atom stereocenters. The molecule has 66 valence electrons. The highest BCUT2D eigenvalue weighted by atomic mass is 35.5. The van der Waals surface area contributed by atoms with Crippen LogP contribution >= 0.6 is 34.5 Å². The molecular formula is C7H10Cl2N2S+2. The lowest BCUT2D eigenvalue weighted by Crippen LogP contribution is -2.56. The van der Waals surface area contributed by atoms with Crippen LogP contribution in [0.5, 0.6) is 0 Å². The molecule has 1 heterocycles. The first kappa shape index (κ1) is 8.78. The van der Waals surface area contributed by atoms with E-state index in [-0.39, 0.29) is 12.1 Å². The molecule has 1 aromatic heterocycles. The summed E-state index contributed by atoms with van der Waals surface area (Å²) in [6, 6.07) is 0.553. The normalized spacial score (nSPS) is 27.7. The fourth-order valence-corrected chi connectivity index (χ4v) is 3.76. The molecule has 1 aromatic rings. The van der Waals surface area contributed by atoms with Crippen LogP contribution in [0.4, 0.5) is 0 Å². The summed E-state index contributed by atoms with van der Waals surface area (Å²) in [6.07, 6.45) is 0.970. The molecule has 1 aliphatic carbocycles. The van der Waals surface area contributed by atoms with Crippen LogP contribution in [0.25, 0.3) is 0 Å². The van der Waals surface area contributed by atoms with Crippen molar-refractivity contribution in [2.75, 3.05) is 0 Å². The van der Waals surface area contributed by atoms with E-state index in [4.69, 9.17) is 23.2 Å². The highest BCUT2D eigenvalue weighted by Gasteiger charge is 2.37. The van der Waals surface area contributed by atoms with Gasteiger partial charge in [0, 0.05) is 11.1 Å². The van der Waals surface area contributed by atoms with E-state index < -0.39 is 0 Å². The van der Waals surface area contributed by atoms with Crippen LogP contribution in [-0.4, -0.2) is 0 Å². The zero-order valence-electron chi connectivity index (χ0n) is 6.44. The first-order chi connectivity index (χ1) is 5.61. The van der Waals surface area contributed by atoms with Crippen molar-refractivity contribution >= 4 is 34.5 Å². The molecule has 2 nitrogen and oxygen atoms in total. The van der Waals surface area contributed by atoms with Gasteiger partial charge in [-0.2, -0.15) is 0 Å². The van der Waals surface area contributed by atoms with Crippen molar-refractivity contribution in [1.82, 2.24) is 0 Å². The molecule has 0 saturated carbocycles. The second kappa shape index (κ2) is 2.86. The molecule has 0 bridgehead atoms. The molecule has 0 radical (unpaired) electrons. The maximum absolute atomic E-state index is 6.02. The first-order valence-corrected chi connectivity index (χ1v) is 5.32. The monoisotopic (exact) mass is 224 g/mol. The number of halogens is 2. The molecule has 0 saturated heterocycles. The van der Waals surface area contributed by atoms with Crippen molar-refractivity contribution < 1.29 is 11.5 Å². The average molecular weight is 225 g/mol. The summed E-state index contributed by atoms with van der Waals surface area (Å²) >= 11 is 13.5. The third-order valence-corrected chi connectivity index (χ3v) is 3.95. The number of thiophene rings is 1. The standard InChI is InChI=1S/C7H8Cl2N2S/c8-6-4-2(10)1-3(11)5(4)7(9)12-6/h2-3H,1,10-11H2/p+2/t2-,3+. The van der Waals surface area contributed by atoms with Gasteiger partial charge in [-0.25, -0.2) is 0 Å². The first-order valence-electron chi connectivity index (χ1n) is 3.75. The Morgan fingerprint density at radius 2 is 1.50 bits per heavy atom. The van der Waals surface area contributed by atoms with Gasteiger partial charge in [0.05, 0.1) is 6.42 Å². The van der Waals surface area contributed by atoms with Crippen molar-refractivity contribution in [3.63, 3.8) is 0 Å². The van der Waals surface area contributed by atoms with Crippen LogP contribution in [0.1, 0.15) is 29.6 Å².